The van der Waals surface area contributed by atoms with E-state index >= 15 is 0 Å². The summed E-state index contributed by atoms with van der Waals surface area (Å²) in [6.45, 7) is 4.40. The Labute approximate surface area is 238 Å². The molecule has 0 bridgehead atoms. The van der Waals surface area contributed by atoms with Gasteiger partial charge in [0.1, 0.15) is 17.7 Å². The van der Waals surface area contributed by atoms with Gasteiger partial charge in [0.15, 0.2) is 0 Å². The number of hydrogen-bond donors (Lipinski definition) is 3. The first-order valence-corrected chi connectivity index (χ1v) is 13.8. The Balaban J connectivity index is 1.71. The highest BCUT2D eigenvalue weighted by Crippen LogP contribution is 2.43. The molecule has 41 heavy (non-hydrogen) atoms. The third-order valence-corrected chi connectivity index (χ3v) is 7.27. The minimum Gasteiger partial charge on any atom is -0.508 e. The van der Waals surface area contributed by atoms with Crippen molar-refractivity contribution in [3.8, 4) is 28.1 Å². The summed E-state index contributed by atoms with van der Waals surface area (Å²) in [5, 5.41) is 23.1. The molecule has 5 rings (SSSR count). The lowest BCUT2D eigenvalue weighted by Crippen LogP contribution is -2.33. The molecule has 8 heteroatoms. The Morgan fingerprint density at radius 1 is 1.05 bits per heavy atom. The average Bonchev–Trinajstić information content (AvgIpc) is 3.28. The maximum Gasteiger partial charge on any atom is 0.308 e. The van der Waals surface area contributed by atoms with Crippen LogP contribution in [0.1, 0.15) is 55.1 Å². The zero-order chi connectivity index (χ0) is 29.1. The van der Waals surface area contributed by atoms with E-state index in [9.17, 15) is 24.2 Å². The number of carbonyl (C=O) groups excluding carboxylic acids is 2. The summed E-state index contributed by atoms with van der Waals surface area (Å²) in [6, 6.07) is 22.1. The molecule has 0 radical (unpaired) electrons. The smallest absolute Gasteiger partial charge is 0.308 e. The number of benzene rings is 3. The largest absolute Gasteiger partial charge is 0.508 e. The molecule has 1 aromatic heterocycles. The molecule has 4 aromatic rings. The molecule has 2 atom stereocenters. The van der Waals surface area contributed by atoms with E-state index in [1.165, 1.54) is 24.3 Å². The van der Waals surface area contributed by atoms with Crippen molar-refractivity contribution in [2.45, 2.75) is 57.8 Å². The predicted octanol–water partition coefficient (Wildman–Crippen LogP) is 6.50. The van der Waals surface area contributed by atoms with Gasteiger partial charge >= 0.3 is 5.97 Å². The first-order chi connectivity index (χ1) is 19.7. The molecule has 1 aliphatic heterocycles. The lowest BCUT2D eigenvalue weighted by Gasteiger charge is -2.27. The summed E-state index contributed by atoms with van der Waals surface area (Å²) < 4.78 is 21.6. The number of aromatic hydroxyl groups is 1. The van der Waals surface area contributed by atoms with Gasteiger partial charge in [0.25, 0.3) is 5.91 Å². The number of aliphatic hydroxyl groups excluding tert-OH is 1. The SMILES string of the molecule is CC(C)c1c(C(=O)Nc2cccc(O)c2)c(-c2ccccc2)c(-c2ccc(F)cc2)n1CC[C@@H]1C[C@@H](O)CC(=O)O1. The van der Waals surface area contributed by atoms with Crippen LogP contribution in [-0.4, -0.2) is 38.9 Å². The molecule has 212 valence electrons. The van der Waals surface area contributed by atoms with Crippen molar-refractivity contribution in [3.05, 3.63) is 95.9 Å². The van der Waals surface area contributed by atoms with Gasteiger partial charge in [-0.25, -0.2) is 4.39 Å². The van der Waals surface area contributed by atoms with Crippen LogP contribution in [0.25, 0.3) is 22.4 Å². The summed E-state index contributed by atoms with van der Waals surface area (Å²) >= 11 is 0. The van der Waals surface area contributed by atoms with Crippen molar-refractivity contribution < 1.29 is 28.9 Å². The van der Waals surface area contributed by atoms with Crippen LogP contribution in [0, 0.1) is 5.82 Å². The lowest BCUT2D eigenvalue weighted by molar-refractivity contribution is -0.160. The second-order valence-corrected chi connectivity index (χ2v) is 10.7. The monoisotopic (exact) mass is 556 g/mol. The van der Waals surface area contributed by atoms with E-state index in [2.05, 4.69) is 9.88 Å². The third-order valence-electron chi connectivity index (χ3n) is 7.27. The number of aliphatic hydroxyl groups is 1. The fourth-order valence-electron chi connectivity index (χ4n) is 5.58. The number of ether oxygens (including phenoxy) is 1. The molecule has 1 saturated heterocycles. The number of anilines is 1. The number of phenolic OH excluding ortho intramolecular Hbond substituents is 1. The van der Waals surface area contributed by atoms with Crippen LogP contribution < -0.4 is 5.32 Å². The molecular weight excluding hydrogens is 523 g/mol. The number of hydrogen-bond acceptors (Lipinski definition) is 5. The van der Waals surface area contributed by atoms with E-state index in [0.29, 0.717) is 36.2 Å². The minimum absolute atomic E-state index is 0.0182. The van der Waals surface area contributed by atoms with Crippen molar-refractivity contribution in [1.82, 2.24) is 4.57 Å². The number of cyclic esters (lactones) is 1. The Bertz CT molecular complexity index is 1550. The summed E-state index contributed by atoms with van der Waals surface area (Å²) in [5.74, 6) is -1.22. The summed E-state index contributed by atoms with van der Waals surface area (Å²) in [5.41, 5.74) is 4.65. The van der Waals surface area contributed by atoms with Crippen molar-refractivity contribution in [2.75, 3.05) is 5.32 Å². The van der Waals surface area contributed by atoms with Gasteiger partial charge in [0.2, 0.25) is 0 Å². The van der Waals surface area contributed by atoms with Crippen LogP contribution >= 0.6 is 0 Å². The number of halogens is 1. The van der Waals surface area contributed by atoms with Crippen molar-refractivity contribution in [3.63, 3.8) is 0 Å². The summed E-state index contributed by atoms with van der Waals surface area (Å²) in [7, 11) is 0. The number of nitrogens with zero attached hydrogens (tertiary/aromatic N) is 1. The highest BCUT2D eigenvalue weighted by Gasteiger charge is 2.32. The number of carbonyl (C=O) groups is 2. The molecule has 0 saturated carbocycles. The van der Waals surface area contributed by atoms with Gasteiger partial charge in [0.05, 0.1) is 23.8 Å². The fourth-order valence-corrected chi connectivity index (χ4v) is 5.58. The quantitative estimate of drug-likeness (QED) is 0.215. The number of amides is 1. The highest BCUT2D eigenvalue weighted by molar-refractivity contribution is 6.12. The first kappa shape index (κ1) is 28.1. The van der Waals surface area contributed by atoms with Crippen LogP contribution in [0.4, 0.5) is 10.1 Å². The van der Waals surface area contributed by atoms with Crippen LogP contribution in [0.2, 0.25) is 0 Å². The van der Waals surface area contributed by atoms with E-state index in [1.807, 2.05) is 44.2 Å². The van der Waals surface area contributed by atoms with E-state index in [-0.39, 0.29) is 29.8 Å². The Kier molecular flexibility index (Phi) is 8.21. The molecule has 7 nitrogen and oxygen atoms in total. The Morgan fingerprint density at radius 3 is 2.44 bits per heavy atom. The predicted molar refractivity (Wildman–Crippen MR) is 155 cm³/mol. The first-order valence-electron chi connectivity index (χ1n) is 13.8. The van der Waals surface area contributed by atoms with E-state index < -0.39 is 18.2 Å². The molecule has 3 aromatic carbocycles. The van der Waals surface area contributed by atoms with E-state index in [0.717, 1.165) is 22.5 Å². The molecule has 1 amide bonds. The second kappa shape index (κ2) is 12.0. The third kappa shape index (κ3) is 6.18. The standard InChI is InChI=1S/C33H33FN2O5/c1-20(2)31-30(33(40)35-24-9-6-10-25(37)17-24)29(21-7-4-3-5-8-21)32(22-11-13-23(34)14-12-22)36(31)16-15-27-18-26(38)19-28(39)41-27/h3-14,17,20,26-27,37-38H,15-16,18-19H2,1-2H3,(H,35,40)/t26-,27-/m1/s1. The van der Waals surface area contributed by atoms with Crippen molar-refractivity contribution in [2.24, 2.45) is 0 Å². The number of esters is 1. The Hall–Kier alpha value is -4.43. The zero-order valence-corrected chi connectivity index (χ0v) is 23.0. The maximum absolute atomic E-state index is 14.1. The fraction of sp³-hybridized carbons (Fsp3) is 0.273. The summed E-state index contributed by atoms with van der Waals surface area (Å²) in [4.78, 5) is 26.1. The van der Waals surface area contributed by atoms with Gasteiger partial charge < -0.3 is 24.8 Å². The number of aromatic nitrogens is 1. The molecular formula is C33H33FN2O5. The molecule has 1 fully saturated rings. The van der Waals surface area contributed by atoms with Gasteiger partial charge in [-0.1, -0.05) is 50.2 Å². The van der Waals surface area contributed by atoms with Crippen molar-refractivity contribution >= 4 is 17.6 Å². The van der Waals surface area contributed by atoms with Gasteiger partial charge in [-0.05, 0) is 53.4 Å². The Morgan fingerprint density at radius 2 is 1.78 bits per heavy atom. The average molecular weight is 557 g/mol. The molecule has 3 N–H and O–H groups in total. The normalized spacial score (nSPS) is 17.0. The molecule has 0 spiro atoms. The van der Waals surface area contributed by atoms with Gasteiger partial charge in [-0.2, -0.15) is 0 Å². The number of nitrogens with one attached hydrogen (secondary N) is 1. The molecule has 0 aliphatic carbocycles. The minimum atomic E-state index is -0.754. The molecule has 0 unspecified atom stereocenters. The van der Waals surface area contributed by atoms with Gasteiger partial charge in [-0.3, -0.25) is 9.59 Å². The maximum atomic E-state index is 14.1. The summed E-state index contributed by atoms with van der Waals surface area (Å²) in [6.07, 6.45) is -0.482. The molecule has 1 aliphatic rings. The topological polar surface area (TPSA) is 101 Å². The number of rotatable bonds is 8. The van der Waals surface area contributed by atoms with Crippen LogP contribution in [0.5, 0.6) is 5.75 Å². The molecule has 2 heterocycles. The number of phenols is 1. The van der Waals surface area contributed by atoms with Gasteiger partial charge in [-0.15, -0.1) is 0 Å². The highest BCUT2D eigenvalue weighted by atomic mass is 19.1. The van der Waals surface area contributed by atoms with Gasteiger partial charge in [0, 0.05) is 42.4 Å². The van der Waals surface area contributed by atoms with Crippen LogP contribution in [-0.2, 0) is 16.1 Å². The lowest BCUT2D eigenvalue weighted by atomic mass is 9.94. The zero-order valence-electron chi connectivity index (χ0n) is 23.0. The van der Waals surface area contributed by atoms with E-state index in [4.69, 9.17) is 4.74 Å². The second-order valence-electron chi connectivity index (χ2n) is 10.7. The van der Waals surface area contributed by atoms with Crippen molar-refractivity contribution in [1.29, 1.82) is 0 Å². The van der Waals surface area contributed by atoms with Crippen LogP contribution in [0.3, 0.4) is 0 Å². The van der Waals surface area contributed by atoms with Crippen LogP contribution in [0.15, 0.2) is 78.9 Å². The van der Waals surface area contributed by atoms with E-state index in [1.54, 1.807) is 24.3 Å².